The molecule has 0 fully saturated rings. The number of nitro benzene ring substituents is 1. The summed E-state index contributed by atoms with van der Waals surface area (Å²) in [5, 5.41) is 23.8. The van der Waals surface area contributed by atoms with Gasteiger partial charge in [-0.3, -0.25) is 16.0 Å². The Morgan fingerprint density at radius 1 is 1.33 bits per heavy atom. The molecule has 0 atom stereocenters. The Morgan fingerprint density at radius 2 is 1.87 bits per heavy atom. The topological polar surface area (TPSA) is 145 Å². The molecule has 0 spiro atoms. The van der Waals surface area contributed by atoms with E-state index in [0.717, 1.165) is 0 Å². The van der Waals surface area contributed by atoms with E-state index in [1.807, 2.05) is 0 Å². The minimum atomic E-state index is -1.50. The summed E-state index contributed by atoms with van der Waals surface area (Å²) in [5.41, 5.74) is 2.87. The number of nitrogens with one attached hydrogen (secondary N) is 1. The summed E-state index contributed by atoms with van der Waals surface area (Å²) in [6, 6.07) is 5.97. The van der Waals surface area contributed by atoms with Crippen molar-refractivity contribution in [3.05, 3.63) is 44.5 Å². The predicted molar refractivity (Wildman–Crippen MR) is 49.7 cm³/mol. The number of rotatable bonds is 2. The van der Waals surface area contributed by atoms with E-state index in [-0.39, 0.29) is 5.69 Å². The van der Waals surface area contributed by atoms with Gasteiger partial charge in [0.25, 0.3) is 10.8 Å². The fourth-order valence-electron chi connectivity index (χ4n) is 0.709. The number of non-ortho nitro benzene ring substituents is 1. The normalized spacial score (nSPS) is 8.33. The van der Waals surface area contributed by atoms with E-state index in [4.69, 9.17) is 21.2 Å². The van der Waals surface area contributed by atoms with Gasteiger partial charge in [0.05, 0.1) is 10.6 Å². The first-order valence-electron chi connectivity index (χ1n) is 3.51. The van der Waals surface area contributed by atoms with Gasteiger partial charge in [-0.2, -0.15) is 0 Å². The van der Waals surface area contributed by atoms with Gasteiger partial charge in [0.15, 0.2) is 0 Å². The van der Waals surface area contributed by atoms with Crippen LogP contribution in [0.5, 0.6) is 0 Å². The molecule has 0 radical (unpaired) electrons. The van der Waals surface area contributed by atoms with Gasteiger partial charge in [0.2, 0.25) is 0 Å². The number of nitrogen functional groups attached to an aromatic ring is 1. The maximum Gasteiger partial charge on any atom is 0.291 e. The van der Waals surface area contributed by atoms with E-state index in [2.05, 4.69) is 5.43 Å². The lowest BCUT2D eigenvalue weighted by Crippen LogP contribution is -2.06. The molecule has 0 aromatic heterocycles. The highest BCUT2D eigenvalue weighted by Gasteiger charge is 2.03. The third-order valence-electron chi connectivity index (χ3n) is 1.22. The molecule has 0 saturated carbocycles. The van der Waals surface area contributed by atoms with Gasteiger partial charge in [-0.15, -0.1) is 10.1 Å². The minimum Gasteiger partial charge on any atom is -0.328 e. The molecule has 0 bridgehead atoms. The van der Waals surface area contributed by atoms with Gasteiger partial charge in [0.1, 0.15) is 0 Å². The quantitative estimate of drug-likeness (QED) is 0.371. The summed E-state index contributed by atoms with van der Waals surface area (Å²) < 4.78 is 0. The summed E-state index contributed by atoms with van der Waals surface area (Å²) in [4.78, 5) is 18.1. The molecule has 9 heteroatoms. The maximum atomic E-state index is 10.2. The fraction of sp³-hybridized carbons (Fsp3) is 0. The molecule has 0 aliphatic heterocycles. The molecule has 9 nitrogen and oxygen atoms in total. The first kappa shape index (κ1) is 12.6. The van der Waals surface area contributed by atoms with Crippen molar-refractivity contribution in [2.45, 2.75) is 0 Å². The summed E-state index contributed by atoms with van der Waals surface area (Å²) in [5.74, 6) is 5.05. The van der Waals surface area contributed by atoms with Gasteiger partial charge < -0.3 is 10.6 Å². The summed E-state index contributed by atoms with van der Waals surface area (Å²) >= 11 is 0. The Hall–Kier alpha value is -2.42. The first-order chi connectivity index (χ1) is 6.97. The van der Waals surface area contributed by atoms with Crippen LogP contribution in [0.3, 0.4) is 0 Å². The van der Waals surface area contributed by atoms with Crippen molar-refractivity contribution in [2.24, 2.45) is 5.84 Å². The minimum absolute atomic E-state index is 0.0282. The number of hydrogen-bond donors (Lipinski definition) is 3. The highest BCUT2D eigenvalue weighted by atomic mass is 16.9. The molecular formula is C6H8N4O5. The summed E-state index contributed by atoms with van der Waals surface area (Å²) in [7, 11) is 0. The lowest BCUT2D eigenvalue weighted by atomic mass is 10.3. The average molecular weight is 216 g/mol. The smallest absolute Gasteiger partial charge is 0.291 e. The molecule has 0 aliphatic rings. The van der Waals surface area contributed by atoms with E-state index >= 15 is 0 Å². The molecule has 15 heavy (non-hydrogen) atoms. The van der Waals surface area contributed by atoms with Crippen LogP contribution in [-0.4, -0.2) is 15.2 Å². The lowest BCUT2D eigenvalue weighted by Gasteiger charge is -1.96. The first-order valence-corrected chi connectivity index (χ1v) is 3.51. The van der Waals surface area contributed by atoms with Crippen LogP contribution in [-0.2, 0) is 0 Å². The summed E-state index contributed by atoms with van der Waals surface area (Å²) in [6.45, 7) is 0. The fourth-order valence-corrected chi connectivity index (χ4v) is 0.709. The van der Waals surface area contributed by atoms with Crippen LogP contribution in [0.15, 0.2) is 24.3 Å². The highest BCUT2D eigenvalue weighted by Crippen LogP contribution is 2.15. The van der Waals surface area contributed by atoms with Crippen molar-refractivity contribution in [3.8, 4) is 0 Å². The Labute approximate surface area is 83.4 Å². The Kier molecular flexibility index (Phi) is 5.11. The van der Waals surface area contributed by atoms with Gasteiger partial charge >= 0.3 is 0 Å². The van der Waals surface area contributed by atoms with Gasteiger partial charge in [0, 0.05) is 12.1 Å². The van der Waals surface area contributed by atoms with Crippen molar-refractivity contribution >= 4 is 11.4 Å². The predicted octanol–water partition coefficient (Wildman–Crippen LogP) is 0.533. The van der Waals surface area contributed by atoms with Crippen LogP contribution in [0.25, 0.3) is 0 Å². The van der Waals surface area contributed by atoms with E-state index in [0.29, 0.717) is 5.69 Å². The number of hydrogen-bond acceptors (Lipinski definition) is 6. The highest BCUT2D eigenvalue weighted by molar-refractivity contribution is 5.49. The molecule has 1 aromatic carbocycles. The third kappa shape index (κ3) is 5.76. The Bertz CT molecular complexity index is 351. The van der Waals surface area contributed by atoms with Crippen LogP contribution < -0.4 is 11.3 Å². The van der Waals surface area contributed by atoms with Crippen LogP contribution in [0.1, 0.15) is 0 Å². The zero-order chi connectivity index (χ0) is 11.8. The number of nitro groups is 1. The number of benzene rings is 1. The molecule has 0 saturated heterocycles. The van der Waals surface area contributed by atoms with E-state index in [1.165, 1.54) is 12.1 Å². The zero-order valence-electron chi connectivity index (χ0n) is 7.36. The number of nitrogens with zero attached hydrogens (tertiary/aromatic N) is 2. The lowest BCUT2D eigenvalue weighted by molar-refractivity contribution is -0.742. The van der Waals surface area contributed by atoms with Gasteiger partial charge in [-0.25, -0.2) is 0 Å². The second-order valence-corrected chi connectivity index (χ2v) is 2.19. The second kappa shape index (κ2) is 6.10. The average Bonchev–Trinajstić information content (AvgIpc) is 2.17. The van der Waals surface area contributed by atoms with Crippen LogP contribution in [0, 0.1) is 20.2 Å². The second-order valence-electron chi connectivity index (χ2n) is 2.19. The molecule has 82 valence electrons. The summed E-state index contributed by atoms with van der Waals surface area (Å²) in [6.07, 6.45) is 0. The number of anilines is 1. The largest absolute Gasteiger partial charge is 0.328 e. The molecule has 1 aromatic rings. The molecular weight excluding hydrogens is 208 g/mol. The molecule has 4 N–H and O–H groups in total. The molecule has 0 unspecified atom stereocenters. The molecule has 0 amide bonds. The van der Waals surface area contributed by atoms with E-state index in [1.54, 1.807) is 12.1 Å². The van der Waals surface area contributed by atoms with E-state index < -0.39 is 10.0 Å². The Balaban J connectivity index is 0.000000423. The van der Waals surface area contributed by atoms with Crippen molar-refractivity contribution < 1.29 is 15.2 Å². The number of nitrogens with two attached hydrogens (primary N) is 1. The van der Waals surface area contributed by atoms with Crippen molar-refractivity contribution in [3.63, 3.8) is 0 Å². The Morgan fingerprint density at radius 3 is 2.27 bits per heavy atom. The van der Waals surface area contributed by atoms with Crippen LogP contribution in [0.2, 0.25) is 0 Å². The van der Waals surface area contributed by atoms with Gasteiger partial charge in [-0.1, -0.05) is 6.07 Å². The van der Waals surface area contributed by atoms with Crippen molar-refractivity contribution in [1.29, 1.82) is 0 Å². The SMILES string of the molecule is NNc1cccc([N+](=O)[O-])c1.O=[N+]([O-])O. The molecule has 0 heterocycles. The maximum absolute atomic E-state index is 10.2. The van der Waals surface area contributed by atoms with Gasteiger partial charge in [-0.05, 0) is 6.07 Å². The van der Waals surface area contributed by atoms with Crippen molar-refractivity contribution in [1.82, 2.24) is 0 Å². The van der Waals surface area contributed by atoms with Crippen LogP contribution >= 0.6 is 0 Å². The zero-order valence-corrected chi connectivity index (χ0v) is 7.36. The van der Waals surface area contributed by atoms with Crippen molar-refractivity contribution in [2.75, 3.05) is 5.43 Å². The number of hydrazine groups is 1. The monoisotopic (exact) mass is 216 g/mol. The van der Waals surface area contributed by atoms with Crippen LogP contribution in [0.4, 0.5) is 11.4 Å². The molecule has 0 aliphatic carbocycles. The third-order valence-corrected chi connectivity index (χ3v) is 1.22. The van der Waals surface area contributed by atoms with E-state index in [9.17, 15) is 10.1 Å². The molecule has 1 rings (SSSR count). The standard InChI is InChI=1S/C6H7N3O2.HNO3/c7-8-5-2-1-3-6(4-5)9(10)11;2-1(3)4/h1-4,8H,7H2;(H,2,3,4).